The van der Waals surface area contributed by atoms with Crippen LogP contribution in [0.15, 0.2) is 47.6 Å². The Bertz CT molecular complexity index is 1050. The van der Waals surface area contributed by atoms with Gasteiger partial charge in [-0.15, -0.1) is 0 Å². The Balaban J connectivity index is 2.28. The summed E-state index contributed by atoms with van der Waals surface area (Å²) in [7, 11) is 4.58. The molecule has 150 valence electrons. The first-order chi connectivity index (χ1) is 14.0. The SMILES string of the molecule is COc1ccc(-c2cnc(N=C(N)N)nc2-c2c(O)cc(OC)cc2OC)cc1. The molecule has 0 aliphatic carbocycles. The van der Waals surface area contributed by atoms with E-state index < -0.39 is 0 Å². The zero-order valence-corrected chi connectivity index (χ0v) is 16.2. The third kappa shape index (κ3) is 4.13. The molecule has 0 spiro atoms. The van der Waals surface area contributed by atoms with Gasteiger partial charge in [-0.25, -0.2) is 9.97 Å². The van der Waals surface area contributed by atoms with Crippen molar-refractivity contribution >= 4 is 11.9 Å². The van der Waals surface area contributed by atoms with E-state index in [9.17, 15) is 5.11 Å². The molecule has 29 heavy (non-hydrogen) atoms. The lowest BCUT2D eigenvalue weighted by Gasteiger charge is -2.15. The molecular formula is C20H21N5O4. The number of hydrogen-bond acceptors (Lipinski definition) is 7. The van der Waals surface area contributed by atoms with Crippen molar-refractivity contribution in [1.82, 2.24) is 9.97 Å². The van der Waals surface area contributed by atoms with E-state index in [0.29, 0.717) is 34.1 Å². The van der Waals surface area contributed by atoms with Crippen LogP contribution in [0.1, 0.15) is 0 Å². The Morgan fingerprint density at radius 2 is 1.66 bits per heavy atom. The lowest BCUT2D eigenvalue weighted by Crippen LogP contribution is -2.22. The predicted molar refractivity (Wildman–Crippen MR) is 110 cm³/mol. The van der Waals surface area contributed by atoms with Crippen LogP contribution in [0.25, 0.3) is 22.4 Å². The summed E-state index contributed by atoms with van der Waals surface area (Å²) >= 11 is 0. The van der Waals surface area contributed by atoms with Crippen LogP contribution in [0.4, 0.5) is 5.95 Å². The molecule has 0 saturated carbocycles. The number of benzene rings is 2. The number of guanidine groups is 1. The minimum absolute atomic E-state index is 0.0505. The average molecular weight is 395 g/mol. The minimum atomic E-state index is -0.181. The highest BCUT2D eigenvalue weighted by molar-refractivity contribution is 5.87. The number of ether oxygens (including phenoxy) is 3. The van der Waals surface area contributed by atoms with Gasteiger partial charge in [0.2, 0.25) is 0 Å². The van der Waals surface area contributed by atoms with Crippen LogP contribution in [0.3, 0.4) is 0 Å². The maximum atomic E-state index is 10.7. The van der Waals surface area contributed by atoms with Gasteiger partial charge in [-0.3, -0.25) is 0 Å². The van der Waals surface area contributed by atoms with Gasteiger partial charge in [-0.05, 0) is 17.7 Å². The van der Waals surface area contributed by atoms with Gasteiger partial charge < -0.3 is 30.8 Å². The molecule has 0 unspecified atom stereocenters. The molecule has 0 radical (unpaired) electrons. The summed E-state index contributed by atoms with van der Waals surface area (Å²) in [6.07, 6.45) is 1.58. The minimum Gasteiger partial charge on any atom is -0.507 e. The van der Waals surface area contributed by atoms with Gasteiger partial charge >= 0.3 is 0 Å². The van der Waals surface area contributed by atoms with Crippen LogP contribution >= 0.6 is 0 Å². The molecule has 5 N–H and O–H groups in total. The summed E-state index contributed by atoms with van der Waals surface area (Å²) in [4.78, 5) is 12.6. The molecule has 9 heteroatoms. The Kier molecular flexibility index (Phi) is 5.68. The highest BCUT2D eigenvalue weighted by Crippen LogP contribution is 2.44. The van der Waals surface area contributed by atoms with Gasteiger partial charge in [0, 0.05) is 23.9 Å². The first-order valence-electron chi connectivity index (χ1n) is 8.53. The average Bonchev–Trinajstić information content (AvgIpc) is 2.72. The maximum Gasteiger partial charge on any atom is 0.253 e. The monoisotopic (exact) mass is 395 g/mol. The number of nitrogens with two attached hydrogens (primary N) is 2. The molecule has 0 aliphatic rings. The number of phenolic OH excluding ortho intramolecular Hbond substituents is 1. The van der Waals surface area contributed by atoms with Crippen molar-refractivity contribution in [2.45, 2.75) is 0 Å². The lowest BCUT2D eigenvalue weighted by molar-refractivity contribution is 0.386. The van der Waals surface area contributed by atoms with E-state index in [1.807, 2.05) is 24.3 Å². The van der Waals surface area contributed by atoms with Crippen LogP contribution in [0.5, 0.6) is 23.0 Å². The summed E-state index contributed by atoms with van der Waals surface area (Å²) in [6, 6.07) is 10.5. The standard InChI is InChI=1S/C20H21N5O4/c1-27-12-6-4-11(5-7-12)14-10-23-20(25-19(21)22)24-18(14)17-15(26)8-13(28-2)9-16(17)29-3/h4-10,26H,1-3H3,(H4,21,22,23,24,25). The second kappa shape index (κ2) is 8.34. The van der Waals surface area contributed by atoms with Crippen molar-refractivity contribution in [3.8, 4) is 45.4 Å². The van der Waals surface area contributed by atoms with Crippen LogP contribution in [-0.4, -0.2) is 42.4 Å². The Morgan fingerprint density at radius 1 is 0.966 bits per heavy atom. The van der Waals surface area contributed by atoms with E-state index in [-0.39, 0.29) is 17.7 Å². The van der Waals surface area contributed by atoms with Crippen molar-refractivity contribution in [1.29, 1.82) is 0 Å². The van der Waals surface area contributed by atoms with Gasteiger partial charge in [0.1, 0.15) is 23.0 Å². The number of aromatic nitrogens is 2. The van der Waals surface area contributed by atoms with Crippen molar-refractivity contribution in [2.75, 3.05) is 21.3 Å². The Hall–Kier alpha value is -4.01. The summed E-state index contributed by atoms with van der Waals surface area (Å²) in [6.45, 7) is 0. The maximum absolute atomic E-state index is 10.7. The highest BCUT2D eigenvalue weighted by Gasteiger charge is 2.21. The van der Waals surface area contributed by atoms with E-state index in [1.165, 1.54) is 20.3 Å². The third-order valence-electron chi connectivity index (χ3n) is 4.15. The van der Waals surface area contributed by atoms with Gasteiger partial charge in [-0.1, -0.05) is 12.1 Å². The summed E-state index contributed by atoms with van der Waals surface area (Å²) in [5.41, 5.74) is 13.1. The topological polar surface area (TPSA) is 138 Å². The number of aromatic hydroxyl groups is 1. The summed E-state index contributed by atoms with van der Waals surface area (Å²) in [5, 5.41) is 10.7. The molecule has 2 aromatic carbocycles. The van der Waals surface area contributed by atoms with Crippen molar-refractivity contribution < 1.29 is 19.3 Å². The van der Waals surface area contributed by atoms with E-state index >= 15 is 0 Å². The fraction of sp³-hybridized carbons (Fsp3) is 0.150. The molecule has 1 heterocycles. The van der Waals surface area contributed by atoms with E-state index in [0.717, 1.165) is 5.56 Å². The molecule has 0 fully saturated rings. The van der Waals surface area contributed by atoms with Crippen LogP contribution in [-0.2, 0) is 0 Å². The molecule has 3 aromatic rings. The molecule has 1 aromatic heterocycles. The van der Waals surface area contributed by atoms with Gasteiger partial charge in [0.05, 0.1) is 32.6 Å². The number of methoxy groups -OCH3 is 3. The van der Waals surface area contributed by atoms with E-state index in [4.69, 9.17) is 25.7 Å². The lowest BCUT2D eigenvalue weighted by atomic mass is 9.99. The van der Waals surface area contributed by atoms with E-state index in [2.05, 4.69) is 15.0 Å². The normalized spacial score (nSPS) is 10.3. The largest absolute Gasteiger partial charge is 0.507 e. The Morgan fingerprint density at radius 3 is 2.24 bits per heavy atom. The Labute approximate surface area is 167 Å². The molecule has 0 aliphatic heterocycles. The zero-order valence-electron chi connectivity index (χ0n) is 16.2. The van der Waals surface area contributed by atoms with Crippen molar-refractivity contribution in [2.24, 2.45) is 16.5 Å². The van der Waals surface area contributed by atoms with Crippen molar-refractivity contribution in [3.63, 3.8) is 0 Å². The van der Waals surface area contributed by atoms with Crippen LogP contribution in [0, 0.1) is 0 Å². The van der Waals surface area contributed by atoms with Gasteiger partial charge in [0.25, 0.3) is 5.95 Å². The first-order valence-corrected chi connectivity index (χ1v) is 8.53. The molecule has 0 bridgehead atoms. The summed E-state index contributed by atoms with van der Waals surface area (Å²) in [5.74, 6) is 1.30. The second-order valence-corrected chi connectivity index (χ2v) is 5.92. The molecule has 0 saturated heterocycles. The number of phenols is 1. The second-order valence-electron chi connectivity index (χ2n) is 5.92. The smallest absolute Gasteiger partial charge is 0.253 e. The number of aliphatic imine (C=N–C) groups is 1. The number of hydrogen-bond donors (Lipinski definition) is 3. The quantitative estimate of drug-likeness (QED) is 0.427. The van der Waals surface area contributed by atoms with Crippen LogP contribution in [0.2, 0.25) is 0 Å². The van der Waals surface area contributed by atoms with Crippen molar-refractivity contribution in [3.05, 3.63) is 42.6 Å². The van der Waals surface area contributed by atoms with E-state index in [1.54, 1.807) is 19.4 Å². The predicted octanol–water partition coefficient (Wildman–Crippen LogP) is 2.45. The fourth-order valence-corrected chi connectivity index (χ4v) is 2.81. The highest BCUT2D eigenvalue weighted by atomic mass is 16.5. The first kappa shape index (κ1) is 19.7. The molecule has 9 nitrogen and oxygen atoms in total. The fourth-order valence-electron chi connectivity index (χ4n) is 2.81. The van der Waals surface area contributed by atoms with Gasteiger partial charge in [-0.2, -0.15) is 4.99 Å². The van der Waals surface area contributed by atoms with Crippen LogP contribution < -0.4 is 25.7 Å². The third-order valence-corrected chi connectivity index (χ3v) is 4.15. The zero-order chi connectivity index (χ0) is 21.0. The molecule has 0 amide bonds. The molecular weight excluding hydrogens is 374 g/mol. The summed E-state index contributed by atoms with van der Waals surface area (Å²) < 4.78 is 15.9. The number of rotatable bonds is 6. The number of nitrogens with zero attached hydrogens (tertiary/aromatic N) is 3. The molecule has 0 atom stereocenters. The molecule has 3 rings (SSSR count). The van der Waals surface area contributed by atoms with Gasteiger partial charge in [0.15, 0.2) is 5.96 Å².